The van der Waals surface area contributed by atoms with E-state index >= 15 is 0 Å². The Morgan fingerprint density at radius 1 is 1.15 bits per heavy atom. The fourth-order valence-corrected chi connectivity index (χ4v) is 4.41. The van der Waals surface area contributed by atoms with Crippen molar-refractivity contribution < 1.29 is 0 Å². The number of rotatable bonds is 3. The Hall–Kier alpha value is -3.19. The second-order valence-electron chi connectivity index (χ2n) is 6.61. The van der Waals surface area contributed by atoms with E-state index in [-0.39, 0.29) is 0 Å². The molecule has 0 radical (unpaired) electrons. The Bertz CT molecular complexity index is 1150. The predicted octanol–water partition coefficient (Wildman–Crippen LogP) is 4.41. The van der Waals surface area contributed by atoms with Gasteiger partial charge in [-0.2, -0.15) is 0 Å². The van der Waals surface area contributed by atoms with E-state index in [1.807, 2.05) is 12.1 Å². The molecule has 3 heterocycles. The van der Waals surface area contributed by atoms with Crippen molar-refractivity contribution in [2.24, 2.45) is 0 Å². The number of hydrogen-bond donors (Lipinski definition) is 2. The lowest BCUT2D eigenvalue weighted by Crippen LogP contribution is -2.17. The predicted molar refractivity (Wildman–Crippen MR) is 111 cm³/mol. The molecule has 0 unspecified atom stereocenters. The number of para-hydroxylation sites is 1. The van der Waals surface area contributed by atoms with Crippen LogP contribution in [0.1, 0.15) is 11.1 Å². The molecule has 0 saturated carbocycles. The fourth-order valence-electron chi connectivity index (χ4n) is 3.45. The molecule has 0 atom stereocenters. The zero-order valence-electron chi connectivity index (χ0n) is 14.8. The highest BCUT2D eigenvalue weighted by Crippen LogP contribution is 2.38. The molecule has 1 aliphatic heterocycles. The smallest absolute Gasteiger partial charge is 0.189 e. The number of nitrogens with two attached hydrogens (primary N) is 1. The molecule has 0 bridgehead atoms. The molecule has 1 aliphatic rings. The molecule has 4 aromatic rings. The van der Waals surface area contributed by atoms with Gasteiger partial charge in [0.1, 0.15) is 12.0 Å². The average Bonchev–Trinajstić information content (AvgIpc) is 3.27. The molecule has 0 saturated heterocycles. The molecule has 0 spiro atoms. The van der Waals surface area contributed by atoms with Gasteiger partial charge >= 0.3 is 0 Å². The zero-order valence-corrected chi connectivity index (χ0v) is 15.6. The Labute approximate surface area is 160 Å². The highest BCUT2D eigenvalue weighted by atomic mass is 32.1. The molecular formula is C20H18N6S. The van der Waals surface area contributed by atoms with E-state index in [2.05, 4.69) is 62.4 Å². The third-order valence-electron chi connectivity index (χ3n) is 4.77. The van der Waals surface area contributed by atoms with Crippen LogP contribution in [0.5, 0.6) is 0 Å². The summed E-state index contributed by atoms with van der Waals surface area (Å²) in [5.74, 6) is 1.31. The van der Waals surface area contributed by atoms with Crippen LogP contribution in [-0.2, 0) is 6.42 Å². The largest absolute Gasteiger partial charge is 0.393 e. The van der Waals surface area contributed by atoms with E-state index in [0.29, 0.717) is 11.5 Å². The number of fused-ring (bicyclic) bond motifs is 2. The van der Waals surface area contributed by atoms with Gasteiger partial charge in [0.05, 0.1) is 10.2 Å². The van der Waals surface area contributed by atoms with Gasteiger partial charge in [0.15, 0.2) is 16.8 Å². The molecule has 5 rings (SSSR count). The Morgan fingerprint density at radius 3 is 2.96 bits per heavy atom. The van der Waals surface area contributed by atoms with Crippen LogP contribution in [0.15, 0.2) is 48.8 Å². The number of aromatic nitrogens is 3. The normalized spacial score (nSPS) is 13.1. The summed E-state index contributed by atoms with van der Waals surface area (Å²) in [6.07, 6.45) is 2.53. The van der Waals surface area contributed by atoms with Crippen molar-refractivity contribution in [2.75, 3.05) is 22.5 Å². The summed E-state index contributed by atoms with van der Waals surface area (Å²) < 4.78 is 1.14. The van der Waals surface area contributed by atoms with Crippen LogP contribution < -0.4 is 16.0 Å². The Morgan fingerprint density at radius 2 is 2.04 bits per heavy atom. The van der Waals surface area contributed by atoms with Crippen molar-refractivity contribution in [1.29, 1.82) is 0 Å². The molecule has 27 heavy (non-hydrogen) atoms. The third kappa shape index (κ3) is 2.76. The van der Waals surface area contributed by atoms with E-state index in [9.17, 15) is 0 Å². The Kier molecular flexibility index (Phi) is 3.68. The maximum Gasteiger partial charge on any atom is 0.189 e. The number of nitrogen functional groups attached to an aromatic ring is 1. The molecule has 0 fully saturated rings. The van der Waals surface area contributed by atoms with Crippen molar-refractivity contribution >= 4 is 49.7 Å². The topological polar surface area (TPSA) is 80.0 Å². The van der Waals surface area contributed by atoms with Gasteiger partial charge in [0.25, 0.3) is 0 Å². The summed E-state index contributed by atoms with van der Waals surface area (Å²) in [4.78, 5) is 15.6. The van der Waals surface area contributed by atoms with Crippen LogP contribution in [0, 0.1) is 6.92 Å². The average molecular weight is 374 g/mol. The van der Waals surface area contributed by atoms with Gasteiger partial charge in [0, 0.05) is 12.2 Å². The van der Waals surface area contributed by atoms with E-state index < -0.39 is 0 Å². The first-order valence-corrected chi connectivity index (χ1v) is 9.61. The van der Waals surface area contributed by atoms with Gasteiger partial charge in [-0.3, -0.25) is 0 Å². The van der Waals surface area contributed by atoms with E-state index in [4.69, 9.17) is 5.73 Å². The van der Waals surface area contributed by atoms with E-state index in [1.54, 1.807) is 17.7 Å². The number of nitrogens with one attached hydrogen (secondary N) is 1. The number of thiazole rings is 1. The first-order chi connectivity index (χ1) is 13.2. The quantitative estimate of drug-likeness (QED) is 0.553. The van der Waals surface area contributed by atoms with Crippen LogP contribution in [0.4, 0.5) is 28.1 Å². The first kappa shape index (κ1) is 16.0. The number of benzene rings is 2. The first-order valence-electron chi connectivity index (χ1n) is 8.79. The number of aryl methyl sites for hydroxylation is 1. The van der Waals surface area contributed by atoms with Crippen LogP contribution in [0.25, 0.3) is 10.2 Å². The summed E-state index contributed by atoms with van der Waals surface area (Å²) in [6.45, 7) is 2.94. The van der Waals surface area contributed by atoms with Gasteiger partial charge in [0.2, 0.25) is 0 Å². The number of anilines is 5. The summed E-state index contributed by atoms with van der Waals surface area (Å²) in [5, 5.41) is 4.05. The van der Waals surface area contributed by atoms with E-state index in [1.165, 1.54) is 11.1 Å². The molecule has 134 valence electrons. The van der Waals surface area contributed by atoms with Gasteiger partial charge in [-0.15, -0.1) is 0 Å². The SMILES string of the molecule is Cc1ccc2nc(Nc3ncnc(N4CCc5ccccc54)c3N)sc2c1. The van der Waals surface area contributed by atoms with Crippen LogP contribution >= 0.6 is 11.3 Å². The van der Waals surface area contributed by atoms with Gasteiger partial charge < -0.3 is 16.0 Å². The minimum Gasteiger partial charge on any atom is -0.393 e. The number of hydrogen-bond acceptors (Lipinski definition) is 7. The van der Waals surface area contributed by atoms with Crippen molar-refractivity contribution in [3.8, 4) is 0 Å². The minimum absolute atomic E-state index is 0.532. The monoisotopic (exact) mass is 374 g/mol. The Balaban J connectivity index is 1.50. The molecular weight excluding hydrogens is 356 g/mol. The second kappa shape index (κ2) is 6.21. The van der Waals surface area contributed by atoms with Crippen molar-refractivity contribution in [3.05, 3.63) is 59.9 Å². The zero-order chi connectivity index (χ0) is 18.4. The lowest BCUT2D eigenvalue weighted by molar-refractivity contribution is 0.967. The molecule has 3 N–H and O–H groups in total. The van der Waals surface area contributed by atoms with Crippen molar-refractivity contribution in [2.45, 2.75) is 13.3 Å². The minimum atomic E-state index is 0.532. The third-order valence-corrected chi connectivity index (χ3v) is 5.71. The van der Waals surface area contributed by atoms with Crippen LogP contribution in [0.3, 0.4) is 0 Å². The maximum absolute atomic E-state index is 6.43. The number of nitrogens with zero attached hydrogens (tertiary/aromatic N) is 4. The highest BCUT2D eigenvalue weighted by Gasteiger charge is 2.24. The highest BCUT2D eigenvalue weighted by molar-refractivity contribution is 7.22. The molecule has 0 aliphatic carbocycles. The maximum atomic E-state index is 6.43. The molecule has 7 heteroatoms. The second-order valence-corrected chi connectivity index (χ2v) is 7.64. The van der Waals surface area contributed by atoms with Crippen molar-refractivity contribution in [1.82, 2.24) is 15.0 Å². The summed E-state index contributed by atoms with van der Waals surface area (Å²) in [6, 6.07) is 14.6. The summed E-state index contributed by atoms with van der Waals surface area (Å²) >= 11 is 1.59. The fraction of sp³-hybridized carbons (Fsp3) is 0.150. The molecule has 6 nitrogen and oxygen atoms in total. The van der Waals surface area contributed by atoms with Gasteiger partial charge in [-0.1, -0.05) is 35.6 Å². The summed E-state index contributed by atoms with van der Waals surface area (Å²) in [7, 11) is 0. The van der Waals surface area contributed by atoms with Crippen LogP contribution in [0.2, 0.25) is 0 Å². The van der Waals surface area contributed by atoms with Crippen LogP contribution in [-0.4, -0.2) is 21.5 Å². The molecule has 2 aromatic heterocycles. The molecule has 2 aromatic carbocycles. The lowest BCUT2D eigenvalue weighted by Gasteiger charge is -2.20. The standard InChI is InChI=1S/C20H18N6S/c1-12-6-7-14-16(10-12)27-20(24-14)25-18-17(21)19(23-11-22-18)26-9-8-13-4-2-3-5-15(13)26/h2-7,10-11H,8-9,21H2,1H3,(H,22,23,24,25). The lowest BCUT2D eigenvalue weighted by atomic mass is 10.2. The van der Waals surface area contributed by atoms with Gasteiger partial charge in [-0.05, 0) is 42.7 Å². The van der Waals surface area contributed by atoms with Gasteiger partial charge in [-0.25, -0.2) is 15.0 Å². The van der Waals surface area contributed by atoms with E-state index in [0.717, 1.165) is 39.8 Å². The molecule has 0 amide bonds. The van der Waals surface area contributed by atoms with Crippen molar-refractivity contribution in [3.63, 3.8) is 0 Å². The summed E-state index contributed by atoms with van der Waals surface area (Å²) in [5.41, 5.74) is 11.6.